The number of hydrogen-bond acceptors (Lipinski definition) is 4. The minimum Gasteiger partial charge on any atom is -0.507 e. The summed E-state index contributed by atoms with van der Waals surface area (Å²) in [7, 11) is 0. The van der Waals surface area contributed by atoms with Crippen LogP contribution in [0, 0.1) is 3.57 Å². The summed E-state index contributed by atoms with van der Waals surface area (Å²) in [6, 6.07) is 18.2. The first-order valence-corrected chi connectivity index (χ1v) is 9.24. The molecular weight excluding hydrogens is 463 g/mol. The summed E-state index contributed by atoms with van der Waals surface area (Å²) >= 11 is 8.50. The molecule has 4 nitrogen and oxygen atoms in total. The van der Waals surface area contributed by atoms with E-state index in [9.17, 15) is 5.11 Å². The third kappa shape index (κ3) is 3.45. The molecule has 4 aromatic rings. The molecule has 0 aliphatic heterocycles. The number of oxazole rings is 1. The van der Waals surface area contributed by atoms with Gasteiger partial charge < -0.3 is 9.52 Å². The Morgan fingerprint density at radius 3 is 2.77 bits per heavy atom. The maximum atomic E-state index is 9.81. The van der Waals surface area contributed by atoms with Crippen molar-refractivity contribution in [3.05, 3.63) is 74.8 Å². The van der Waals surface area contributed by atoms with Crippen LogP contribution < -0.4 is 0 Å². The molecule has 0 atom stereocenters. The summed E-state index contributed by atoms with van der Waals surface area (Å²) in [5, 5.41) is 10.4. The molecule has 0 unspecified atom stereocenters. The predicted molar refractivity (Wildman–Crippen MR) is 113 cm³/mol. The van der Waals surface area contributed by atoms with Gasteiger partial charge >= 0.3 is 0 Å². The lowest BCUT2D eigenvalue weighted by atomic mass is 10.2. The summed E-state index contributed by atoms with van der Waals surface area (Å²) in [4.78, 5) is 8.95. The van der Waals surface area contributed by atoms with Crippen molar-refractivity contribution in [2.45, 2.75) is 0 Å². The van der Waals surface area contributed by atoms with E-state index in [1.54, 1.807) is 24.4 Å². The number of aromatic hydroxyl groups is 1. The Kier molecular flexibility index (Phi) is 4.65. The van der Waals surface area contributed by atoms with E-state index >= 15 is 0 Å². The van der Waals surface area contributed by atoms with Gasteiger partial charge in [0.25, 0.3) is 0 Å². The van der Waals surface area contributed by atoms with E-state index in [1.807, 2.05) is 42.5 Å². The van der Waals surface area contributed by atoms with E-state index in [1.165, 1.54) is 0 Å². The van der Waals surface area contributed by atoms with Gasteiger partial charge in [-0.05, 0) is 71.1 Å². The van der Waals surface area contributed by atoms with E-state index in [0.717, 1.165) is 9.13 Å². The molecule has 0 aliphatic rings. The summed E-state index contributed by atoms with van der Waals surface area (Å²) in [5.41, 5.74) is 3.49. The Morgan fingerprint density at radius 2 is 1.92 bits per heavy atom. The number of phenolic OH excluding ortho intramolecular Hbond substituents is 1. The van der Waals surface area contributed by atoms with Crippen LogP contribution >= 0.6 is 34.2 Å². The van der Waals surface area contributed by atoms with Gasteiger partial charge in [-0.3, -0.25) is 4.99 Å². The summed E-state index contributed by atoms with van der Waals surface area (Å²) in [6.07, 6.45) is 1.62. The molecule has 3 aromatic carbocycles. The van der Waals surface area contributed by atoms with E-state index in [-0.39, 0.29) is 5.75 Å². The molecule has 1 aromatic heterocycles. The summed E-state index contributed by atoms with van der Waals surface area (Å²) in [6.45, 7) is 0. The van der Waals surface area contributed by atoms with Gasteiger partial charge in [-0.2, -0.15) is 0 Å². The molecular formula is C20H12ClIN2O2. The van der Waals surface area contributed by atoms with Gasteiger partial charge in [-0.1, -0.05) is 23.7 Å². The van der Waals surface area contributed by atoms with Crippen molar-refractivity contribution in [3.63, 3.8) is 0 Å². The zero-order valence-electron chi connectivity index (χ0n) is 13.4. The highest BCUT2D eigenvalue weighted by molar-refractivity contribution is 14.1. The van der Waals surface area contributed by atoms with Crippen molar-refractivity contribution in [1.82, 2.24) is 4.98 Å². The van der Waals surface area contributed by atoms with Gasteiger partial charge in [0.1, 0.15) is 11.3 Å². The lowest BCUT2D eigenvalue weighted by Gasteiger charge is -1.99. The quantitative estimate of drug-likeness (QED) is 0.284. The molecule has 6 heteroatoms. The summed E-state index contributed by atoms with van der Waals surface area (Å²) < 4.78 is 6.89. The first-order valence-electron chi connectivity index (χ1n) is 7.78. The van der Waals surface area contributed by atoms with Crippen molar-refractivity contribution in [1.29, 1.82) is 0 Å². The fourth-order valence-electron chi connectivity index (χ4n) is 2.51. The Labute approximate surface area is 168 Å². The van der Waals surface area contributed by atoms with E-state index in [4.69, 9.17) is 16.0 Å². The monoisotopic (exact) mass is 474 g/mol. The smallest absolute Gasteiger partial charge is 0.228 e. The number of aliphatic imine (C=N–C) groups is 1. The average Bonchev–Trinajstić information content (AvgIpc) is 3.06. The number of phenols is 1. The molecule has 0 saturated heterocycles. The van der Waals surface area contributed by atoms with Crippen molar-refractivity contribution >= 4 is 57.2 Å². The van der Waals surface area contributed by atoms with Crippen molar-refractivity contribution in [2.24, 2.45) is 4.99 Å². The lowest BCUT2D eigenvalue weighted by molar-refractivity contribution is 0.474. The highest BCUT2D eigenvalue weighted by Crippen LogP contribution is 2.32. The zero-order chi connectivity index (χ0) is 18.1. The maximum absolute atomic E-state index is 9.81. The van der Waals surface area contributed by atoms with Gasteiger partial charge in [-0.15, -0.1) is 0 Å². The van der Waals surface area contributed by atoms with Crippen LogP contribution in [0.2, 0.25) is 5.02 Å². The molecule has 0 radical (unpaired) electrons. The van der Waals surface area contributed by atoms with Crippen molar-refractivity contribution in [2.75, 3.05) is 0 Å². The van der Waals surface area contributed by atoms with Crippen LogP contribution in [0.25, 0.3) is 22.6 Å². The molecule has 0 fully saturated rings. The highest BCUT2D eigenvalue weighted by Gasteiger charge is 2.12. The molecule has 0 aliphatic carbocycles. The first kappa shape index (κ1) is 17.1. The van der Waals surface area contributed by atoms with Crippen LogP contribution in [0.1, 0.15) is 5.56 Å². The minimum atomic E-state index is 0.189. The van der Waals surface area contributed by atoms with Crippen LogP contribution in [0.3, 0.4) is 0 Å². The molecule has 0 spiro atoms. The number of rotatable bonds is 3. The zero-order valence-corrected chi connectivity index (χ0v) is 16.3. The molecule has 128 valence electrons. The van der Waals surface area contributed by atoms with Crippen LogP contribution in [-0.2, 0) is 0 Å². The van der Waals surface area contributed by atoms with Crippen LogP contribution in [0.4, 0.5) is 5.69 Å². The number of benzene rings is 3. The fraction of sp³-hybridized carbons (Fsp3) is 0. The van der Waals surface area contributed by atoms with Gasteiger partial charge in [0.05, 0.1) is 16.3 Å². The number of fused-ring (bicyclic) bond motifs is 1. The second-order valence-electron chi connectivity index (χ2n) is 5.61. The third-order valence-corrected chi connectivity index (χ3v) is 4.82. The second kappa shape index (κ2) is 7.09. The standard InChI is InChI=1S/C20H12ClIN2O2/c21-16-7-5-13(22)9-15(16)20-24-17-10-14(6-8-19(17)26-20)23-11-12-3-1-2-4-18(12)25/h1-11,25H. The SMILES string of the molecule is Oc1ccccc1C=Nc1ccc2oc(-c3cc(I)ccc3Cl)nc2c1. The Bertz CT molecular complexity index is 1140. The molecule has 26 heavy (non-hydrogen) atoms. The van der Waals surface area contributed by atoms with Gasteiger partial charge in [0, 0.05) is 15.3 Å². The van der Waals surface area contributed by atoms with Crippen molar-refractivity contribution in [3.8, 4) is 17.2 Å². The topological polar surface area (TPSA) is 58.6 Å². The number of hydrogen-bond donors (Lipinski definition) is 1. The van der Waals surface area contributed by atoms with Crippen LogP contribution in [-0.4, -0.2) is 16.3 Å². The van der Waals surface area contributed by atoms with Crippen LogP contribution in [0.15, 0.2) is 70.1 Å². The number of para-hydroxylation sites is 1. The number of halogens is 2. The highest BCUT2D eigenvalue weighted by atomic mass is 127. The van der Waals surface area contributed by atoms with Gasteiger partial charge in [0.2, 0.25) is 5.89 Å². The van der Waals surface area contributed by atoms with Gasteiger partial charge in [0.15, 0.2) is 5.58 Å². The third-order valence-electron chi connectivity index (χ3n) is 3.82. The molecule has 0 saturated carbocycles. The summed E-state index contributed by atoms with van der Waals surface area (Å²) in [5.74, 6) is 0.666. The van der Waals surface area contributed by atoms with E-state index < -0.39 is 0 Å². The Hall–Kier alpha value is -2.38. The second-order valence-corrected chi connectivity index (χ2v) is 7.27. The molecule has 1 heterocycles. The average molecular weight is 475 g/mol. The first-order chi connectivity index (χ1) is 12.6. The molecule has 4 rings (SSSR count). The van der Waals surface area contributed by atoms with Crippen molar-refractivity contribution < 1.29 is 9.52 Å². The predicted octanol–water partition coefficient (Wildman–Crippen LogP) is 6.21. The fourth-order valence-corrected chi connectivity index (χ4v) is 3.20. The number of aromatic nitrogens is 1. The van der Waals surface area contributed by atoms with E-state index in [2.05, 4.69) is 32.6 Å². The molecule has 0 bridgehead atoms. The molecule has 0 amide bonds. The Morgan fingerprint density at radius 1 is 1.08 bits per heavy atom. The maximum Gasteiger partial charge on any atom is 0.228 e. The van der Waals surface area contributed by atoms with Crippen LogP contribution in [0.5, 0.6) is 5.75 Å². The lowest BCUT2D eigenvalue weighted by Crippen LogP contribution is -1.81. The molecule has 1 N–H and O–H groups in total. The van der Waals surface area contributed by atoms with Gasteiger partial charge in [-0.25, -0.2) is 4.98 Å². The largest absolute Gasteiger partial charge is 0.507 e. The Balaban J connectivity index is 1.70. The van der Waals surface area contributed by atoms with E-state index in [0.29, 0.717) is 33.3 Å². The number of nitrogens with zero attached hydrogens (tertiary/aromatic N) is 2. The minimum absolute atomic E-state index is 0.189. The normalized spacial score (nSPS) is 11.5.